The van der Waals surface area contributed by atoms with E-state index < -0.39 is 5.97 Å². The van der Waals surface area contributed by atoms with E-state index >= 15 is 0 Å². The zero-order valence-electron chi connectivity index (χ0n) is 13.2. The number of amides is 2. The van der Waals surface area contributed by atoms with Gasteiger partial charge >= 0.3 is 12.0 Å². The predicted molar refractivity (Wildman–Crippen MR) is 84.2 cm³/mol. The van der Waals surface area contributed by atoms with Crippen molar-refractivity contribution in [2.24, 2.45) is 0 Å². The zero-order valence-corrected chi connectivity index (χ0v) is 13.2. The van der Waals surface area contributed by atoms with Crippen molar-refractivity contribution in [3.8, 4) is 5.75 Å². The molecule has 0 heterocycles. The van der Waals surface area contributed by atoms with Crippen molar-refractivity contribution < 1.29 is 19.4 Å². The van der Waals surface area contributed by atoms with Crippen LogP contribution in [-0.2, 0) is 4.79 Å². The highest BCUT2D eigenvalue weighted by Gasteiger charge is 2.07. The van der Waals surface area contributed by atoms with E-state index in [1.807, 2.05) is 31.2 Å². The number of aryl methyl sites for hydroxylation is 1. The van der Waals surface area contributed by atoms with Gasteiger partial charge in [-0.1, -0.05) is 18.2 Å². The molecule has 0 aliphatic carbocycles. The maximum Gasteiger partial charge on any atom is 0.317 e. The van der Waals surface area contributed by atoms with Crippen LogP contribution >= 0.6 is 0 Å². The van der Waals surface area contributed by atoms with Crippen LogP contribution < -0.4 is 10.1 Å². The average Bonchev–Trinajstić information content (AvgIpc) is 2.49. The van der Waals surface area contributed by atoms with Crippen molar-refractivity contribution in [2.75, 3.05) is 26.7 Å². The fraction of sp³-hybridized carbons (Fsp3) is 0.500. The van der Waals surface area contributed by atoms with E-state index in [9.17, 15) is 9.59 Å². The first-order valence-corrected chi connectivity index (χ1v) is 7.40. The number of ether oxygens (including phenoxy) is 1. The molecule has 1 aromatic carbocycles. The molecule has 0 aromatic heterocycles. The van der Waals surface area contributed by atoms with E-state index in [1.165, 1.54) is 0 Å². The van der Waals surface area contributed by atoms with E-state index in [1.54, 1.807) is 11.9 Å². The molecule has 1 rings (SSSR count). The summed E-state index contributed by atoms with van der Waals surface area (Å²) in [5, 5.41) is 11.2. The Bertz CT molecular complexity index is 491. The molecular formula is C16H24N2O4. The Labute approximate surface area is 131 Å². The van der Waals surface area contributed by atoms with Crippen LogP contribution in [0.5, 0.6) is 5.75 Å². The predicted octanol–water partition coefficient (Wildman–Crippen LogP) is 2.27. The lowest BCUT2D eigenvalue weighted by Crippen LogP contribution is -2.38. The molecule has 0 radical (unpaired) electrons. The standard InChI is InChI=1S/C16H24N2O4/c1-13-7-3-4-8-14(13)22-12-6-11-18(2)16(21)17-10-5-9-15(19)20/h3-4,7-8H,5-6,9-12H2,1-2H3,(H,17,21)(H,19,20). The molecule has 0 unspecified atom stereocenters. The number of para-hydroxylation sites is 1. The Hall–Kier alpha value is -2.24. The molecule has 122 valence electrons. The quantitative estimate of drug-likeness (QED) is 0.686. The summed E-state index contributed by atoms with van der Waals surface area (Å²) >= 11 is 0. The number of carboxylic acid groups (broad SMARTS) is 1. The number of hydrogen-bond acceptors (Lipinski definition) is 3. The van der Waals surface area contributed by atoms with Crippen molar-refractivity contribution in [3.63, 3.8) is 0 Å². The minimum atomic E-state index is -0.851. The highest BCUT2D eigenvalue weighted by molar-refractivity contribution is 5.73. The van der Waals surface area contributed by atoms with Crippen LogP contribution in [0.3, 0.4) is 0 Å². The Morgan fingerprint density at radius 3 is 2.68 bits per heavy atom. The molecule has 6 heteroatoms. The third-order valence-corrected chi connectivity index (χ3v) is 3.18. The van der Waals surface area contributed by atoms with Gasteiger partial charge in [-0.25, -0.2) is 4.79 Å². The van der Waals surface area contributed by atoms with E-state index in [4.69, 9.17) is 9.84 Å². The second-order valence-corrected chi connectivity index (χ2v) is 5.12. The van der Waals surface area contributed by atoms with Crippen molar-refractivity contribution in [3.05, 3.63) is 29.8 Å². The Morgan fingerprint density at radius 2 is 2.00 bits per heavy atom. The second-order valence-electron chi connectivity index (χ2n) is 5.12. The van der Waals surface area contributed by atoms with Crippen LogP contribution in [0.15, 0.2) is 24.3 Å². The van der Waals surface area contributed by atoms with Gasteiger partial charge in [0.1, 0.15) is 5.75 Å². The lowest BCUT2D eigenvalue weighted by Gasteiger charge is -2.18. The molecule has 2 N–H and O–H groups in total. The SMILES string of the molecule is Cc1ccccc1OCCCN(C)C(=O)NCCCC(=O)O. The van der Waals surface area contributed by atoms with Gasteiger partial charge in [0, 0.05) is 26.6 Å². The minimum Gasteiger partial charge on any atom is -0.493 e. The number of hydrogen-bond donors (Lipinski definition) is 2. The number of aliphatic carboxylic acids is 1. The summed E-state index contributed by atoms with van der Waals surface area (Å²) in [5.74, 6) is 0.0132. The number of nitrogens with zero attached hydrogens (tertiary/aromatic N) is 1. The fourth-order valence-electron chi connectivity index (χ4n) is 1.87. The summed E-state index contributed by atoms with van der Waals surface area (Å²) < 4.78 is 5.67. The first kappa shape index (κ1) is 17.8. The molecule has 22 heavy (non-hydrogen) atoms. The first-order chi connectivity index (χ1) is 10.5. The molecule has 1 aromatic rings. The van der Waals surface area contributed by atoms with E-state index in [2.05, 4.69) is 5.32 Å². The largest absolute Gasteiger partial charge is 0.493 e. The lowest BCUT2D eigenvalue weighted by atomic mass is 10.2. The summed E-state index contributed by atoms with van der Waals surface area (Å²) in [5.41, 5.74) is 1.09. The number of nitrogens with one attached hydrogen (secondary N) is 1. The molecule has 0 saturated heterocycles. The molecule has 0 aliphatic heterocycles. The van der Waals surface area contributed by atoms with Crippen molar-refractivity contribution >= 4 is 12.0 Å². The number of carbonyl (C=O) groups excluding carboxylic acids is 1. The Balaban J connectivity index is 2.14. The highest BCUT2D eigenvalue weighted by Crippen LogP contribution is 2.16. The van der Waals surface area contributed by atoms with E-state index in [0.717, 1.165) is 17.7 Å². The molecule has 0 spiro atoms. The molecule has 0 fully saturated rings. The molecule has 6 nitrogen and oxygen atoms in total. The third-order valence-electron chi connectivity index (χ3n) is 3.18. The molecular weight excluding hydrogens is 284 g/mol. The van der Waals surface area contributed by atoms with Crippen LogP contribution in [0.2, 0.25) is 0 Å². The number of carbonyl (C=O) groups is 2. The van der Waals surface area contributed by atoms with Gasteiger partial charge in [-0.05, 0) is 31.4 Å². The maximum atomic E-state index is 11.7. The number of benzene rings is 1. The van der Waals surface area contributed by atoms with Crippen LogP contribution in [0.1, 0.15) is 24.8 Å². The molecule has 0 bridgehead atoms. The van der Waals surface area contributed by atoms with Gasteiger partial charge in [-0.2, -0.15) is 0 Å². The lowest BCUT2D eigenvalue weighted by molar-refractivity contribution is -0.137. The number of urea groups is 1. The maximum absolute atomic E-state index is 11.7. The number of rotatable bonds is 9. The van der Waals surface area contributed by atoms with Gasteiger partial charge in [-0.3, -0.25) is 4.79 Å². The summed E-state index contributed by atoms with van der Waals surface area (Å²) in [7, 11) is 1.71. The summed E-state index contributed by atoms with van der Waals surface area (Å²) in [6.45, 7) is 3.49. The van der Waals surface area contributed by atoms with Crippen LogP contribution in [0.25, 0.3) is 0 Å². The summed E-state index contributed by atoms with van der Waals surface area (Å²) in [6.07, 6.45) is 1.23. The number of carboxylic acids is 1. The van der Waals surface area contributed by atoms with Gasteiger partial charge in [0.25, 0.3) is 0 Å². The fourth-order valence-corrected chi connectivity index (χ4v) is 1.87. The van der Waals surface area contributed by atoms with Gasteiger partial charge in [0.05, 0.1) is 6.61 Å². The van der Waals surface area contributed by atoms with Crippen LogP contribution in [-0.4, -0.2) is 48.8 Å². The van der Waals surface area contributed by atoms with Crippen molar-refractivity contribution in [1.29, 1.82) is 0 Å². The third kappa shape index (κ3) is 6.97. The normalized spacial score (nSPS) is 10.1. The van der Waals surface area contributed by atoms with Gasteiger partial charge in [0.15, 0.2) is 0 Å². The average molecular weight is 308 g/mol. The van der Waals surface area contributed by atoms with Gasteiger partial charge < -0.3 is 20.1 Å². The second kappa shape index (κ2) is 9.65. The smallest absolute Gasteiger partial charge is 0.317 e. The summed E-state index contributed by atoms with van der Waals surface area (Å²) in [4.78, 5) is 23.7. The topological polar surface area (TPSA) is 78.9 Å². The molecule has 0 saturated carbocycles. The molecule has 0 aliphatic rings. The van der Waals surface area contributed by atoms with Gasteiger partial charge in [0.2, 0.25) is 0 Å². The van der Waals surface area contributed by atoms with E-state index in [0.29, 0.717) is 26.1 Å². The van der Waals surface area contributed by atoms with Crippen molar-refractivity contribution in [1.82, 2.24) is 10.2 Å². The molecule has 2 amide bonds. The molecule has 0 atom stereocenters. The van der Waals surface area contributed by atoms with Crippen molar-refractivity contribution in [2.45, 2.75) is 26.2 Å². The summed E-state index contributed by atoms with van der Waals surface area (Å²) in [6, 6.07) is 7.62. The monoisotopic (exact) mass is 308 g/mol. The Kier molecular flexibility index (Phi) is 7.81. The Morgan fingerprint density at radius 1 is 1.27 bits per heavy atom. The van der Waals surface area contributed by atoms with E-state index in [-0.39, 0.29) is 12.5 Å². The zero-order chi connectivity index (χ0) is 16.4. The van der Waals surface area contributed by atoms with Gasteiger partial charge in [-0.15, -0.1) is 0 Å². The highest BCUT2D eigenvalue weighted by atomic mass is 16.5. The first-order valence-electron chi connectivity index (χ1n) is 7.40. The van der Waals surface area contributed by atoms with Crippen LogP contribution in [0.4, 0.5) is 4.79 Å². The minimum absolute atomic E-state index is 0.0638. The van der Waals surface area contributed by atoms with Crippen LogP contribution in [0, 0.1) is 6.92 Å².